The van der Waals surface area contributed by atoms with Crippen molar-refractivity contribution in [3.63, 3.8) is 0 Å². The lowest BCUT2D eigenvalue weighted by Gasteiger charge is -2.62. The Morgan fingerprint density at radius 2 is 1.64 bits per heavy atom. The van der Waals surface area contributed by atoms with Crippen molar-refractivity contribution in [2.45, 2.75) is 82.8 Å². The van der Waals surface area contributed by atoms with Crippen LogP contribution in [0.1, 0.15) is 69.9 Å². The van der Waals surface area contributed by atoms with Crippen molar-refractivity contribution in [1.29, 1.82) is 0 Å². The molecule has 5 aliphatic carbocycles. The molecule has 3 unspecified atom stereocenters. The summed E-state index contributed by atoms with van der Waals surface area (Å²) in [5.74, 6) is -6.42. The van der Waals surface area contributed by atoms with Crippen LogP contribution in [-0.2, 0) is 40.1 Å². The van der Waals surface area contributed by atoms with Crippen LogP contribution in [0.15, 0.2) is 90.5 Å². The van der Waals surface area contributed by atoms with Crippen molar-refractivity contribution in [3.8, 4) is 0 Å². The molecule has 8 rings (SSSR count). The molecule has 0 spiro atoms. The van der Waals surface area contributed by atoms with Crippen LogP contribution in [0.5, 0.6) is 0 Å². The molecular formula is C47H51FN2O9. The zero-order valence-corrected chi connectivity index (χ0v) is 33.5. The van der Waals surface area contributed by atoms with Crippen LogP contribution < -0.4 is 11.1 Å². The topological polar surface area (TPSA) is 182 Å². The Balaban J connectivity index is 0.836. The number of hydrogen-bond donors (Lipinski definition) is 4. The molecule has 3 aromatic rings. The maximum atomic E-state index is 17.5. The first-order chi connectivity index (χ1) is 28.0. The molecule has 0 radical (unpaired) electrons. The van der Waals surface area contributed by atoms with Crippen LogP contribution in [0.25, 0.3) is 10.8 Å². The number of Topliss-reactive ketones (excluding diaryl/α,β-unsaturated/α-hetero) is 1. The number of carbonyl (C=O) groups excluding carboxylic acids is 5. The van der Waals surface area contributed by atoms with Gasteiger partial charge in [0.15, 0.2) is 18.1 Å². The van der Waals surface area contributed by atoms with Gasteiger partial charge in [0.2, 0.25) is 11.7 Å². The summed E-state index contributed by atoms with van der Waals surface area (Å²) >= 11 is 0. The lowest BCUT2D eigenvalue weighted by molar-refractivity contribution is -0.220. The van der Waals surface area contributed by atoms with E-state index in [0.717, 1.165) is 10.8 Å². The minimum Gasteiger partial charge on any atom is -0.461 e. The average molecular weight is 807 g/mol. The SMILES string of the molecule is C[C@@H]1C[C@H]2[C@@H]3CCC4=CC(=O)C=C[C@]4(C)[C@@]3(F)[C@@H](O)C[C@]2(C)[C@@]1(O)C(=O)COC(=O)C1CC1C(=O)OCc1ccc(C(CN)C(=O)Nc2ccc3ccccc3c2)cc1. The Bertz CT molecular complexity index is 2290. The van der Waals surface area contributed by atoms with Crippen LogP contribution in [0.3, 0.4) is 0 Å². The van der Waals surface area contributed by atoms with Gasteiger partial charge in [0.05, 0.1) is 23.9 Å². The summed E-state index contributed by atoms with van der Waals surface area (Å²) in [6.45, 7) is 4.46. The van der Waals surface area contributed by atoms with E-state index >= 15 is 4.39 Å². The van der Waals surface area contributed by atoms with Crippen LogP contribution in [0, 0.1) is 40.4 Å². The number of alkyl halides is 1. The third-order valence-corrected chi connectivity index (χ3v) is 14.7. The third-order valence-electron chi connectivity index (χ3n) is 14.7. The van der Waals surface area contributed by atoms with Crippen molar-refractivity contribution < 1.29 is 48.0 Å². The largest absolute Gasteiger partial charge is 0.461 e. The smallest absolute Gasteiger partial charge is 0.310 e. The second-order valence-electron chi connectivity index (χ2n) is 17.8. The van der Waals surface area contributed by atoms with E-state index < -0.39 is 88.0 Å². The summed E-state index contributed by atoms with van der Waals surface area (Å²) in [7, 11) is 0. The van der Waals surface area contributed by atoms with E-state index in [1.165, 1.54) is 12.2 Å². The molecule has 11 atom stereocenters. The zero-order chi connectivity index (χ0) is 42.1. The maximum Gasteiger partial charge on any atom is 0.310 e. The summed E-state index contributed by atoms with van der Waals surface area (Å²) in [4.78, 5) is 65.2. The predicted octanol–water partition coefficient (Wildman–Crippen LogP) is 5.66. The van der Waals surface area contributed by atoms with Gasteiger partial charge in [-0.3, -0.25) is 24.0 Å². The van der Waals surface area contributed by atoms with Crippen LogP contribution in [-0.4, -0.2) is 70.2 Å². The average Bonchev–Trinajstić information content (AvgIpc) is 4.00. The molecule has 4 saturated carbocycles. The number of hydrogen-bond acceptors (Lipinski definition) is 10. The van der Waals surface area contributed by atoms with Gasteiger partial charge in [-0.05, 0) is 97.0 Å². The van der Waals surface area contributed by atoms with Gasteiger partial charge in [0.1, 0.15) is 12.2 Å². The molecule has 310 valence electrons. The number of nitrogens with one attached hydrogen (secondary N) is 1. The fraction of sp³-hybridized carbons (Fsp3) is 0.468. The molecule has 0 saturated heterocycles. The first-order valence-corrected chi connectivity index (χ1v) is 20.5. The van der Waals surface area contributed by atoms with E-state index in [1.54, 1.807) is 51.1 Å². The number of aliphatic hydroxyl groups excluding tert-OH is 1. The highest BCUT2D eigenvalue weighted by atomic mass is 19.1. The fourth-order valence-electron chi connectivity index (χ4n) is 11.2. The molecule has 12 heteroatoms. The highest BCUT2D eigenvalue weighted by Crippen LogP contribution is 2.70. The lowest BCUT2D eigenvalue weighted by atomic mass is 9.44. The molecule has 0 bridgehead atoms. The summed E-state index contributed by atoms with van der Waals surface area (Å²) in [6.07, 6.45) is 3.99. The van der Waals surface area contributed by atoms with Crippen molar-refractivity contribution in [2.24, 2.45) is 46.2 Å². The standard InChI is InChI=1S/C47H51FN2O9/c1-26-18-38-37-15-13-31-20-33(51)16-17-44(31,2)46(37,48)39(52)22-45(38,3)47(26,57)40(53)25-59-43(56)35-21-34(35)42(55)58-24-27-8-10-29(11-9-27)36(23-49)41(54)50-32-14-12-28-6-4-5-7-30(28)19-32/h4-12,14,16-17,19-20,26,34-39,52,57H,13,15,18,21-25,49H2,1-3H3,(H,50,54)/t26-,34?,35?,36?,37+,38+,39+,44+,45+,46+,47+/m1/s1. The zero-order valence-electron chi connectivity index (χ0n) is 33.5. The Labute approximate surface area is 342 Å². The van der Waals surface area contributed by atoms with E-state index in [0.29, 0.717) is 41.6 Å². The number of allylic oxidation sites excluding steroid dienone is 4. The highest BCUT2D eigenvalue weighted by molar-refractivity contribution is 6.01. The van der Waals surface area contributed by atoms with Gasteiger partial charge in [-0.1, -0.05) is 80.1 Å². The third kappa shape index (κ3) is 6.55. The first kappa shape index (κ1) is 40.7. The number of nitrogens with two attached hydrogens (primary N) is 1. The molecule has 0 heterocycles. The molecule has 11 nitrogen and oxygen atoms in total. The van der Waals surface area contributed by atoms with Gasteiger partial charge in [-0.2, -0.15) is 0 Å². The second-order valence-corrected chi connectivity index (χ2v) is 17.8. The summed E-state index contributed by atoms with van der Waals surface area (Å²) in [5.41, 5.74) is 2.16. The normalized spacial score (nSPS) is 34.8. The van der Waals surface area contributed by atoms with Gasteiger partial charge < -0.3 is 30.7 Å². The fourth-order valence-corrected chi connectivity index (χ4v) is 11.2. The minimum absolute atomic E-state index is 0.0602. The minimum atomic E-state index is -2.11. The molecule has 5 aliphatic rings. The van der Waals surface area contributed by atoms with Crippen molar-refractivity contribution >= 4 is 45.9 Å². The van der Waals surface area contributed by atoms with Gasteiger partial charge in [0, 0.05) is 29.0 Å². The van der Waals surface area contributed by atoms with Crippen molar-refractivity contribution in [2.75, 3.05) is 18.5 Å². The van der Waals surface area contributed by atoms with E-state index in [-0.39, 0.29) is 37.7 Å². The number of anilines is 1. The quantitative estimate of drug-likeness (QED) is 0.177. The van der Waals surface area contributed by atoms with E-state index in [2.05, 4.69) is 5.32 Å². The van der Waals surface area contributed by atoms with Gasteiger partial charge >= 0.3 is 11.9 Å². The number of ether oxygens (including phenoxy) is 2. The monoisotopic (exact) mass is 806 g/mol. The van der Waals surface area contributed by atoms with Crippen LogP contribution in [0.2, 0.25) is 0 Å². The Morgan fingerprint density at radius 3 is 2.36 bits per heavy atom. The summed E-state index contributed by atoms with van der Waals surface area (Å²) in [5, 5.41) is 28.8. The number of benzene rings is 3. The lowest BCUT2D eigenvalue weighted by Crippen LogP contribution is -2.69. The Hall–Kier alpha value is -5.04. The molecule has 0 aromatic heterocycles. The summed E-state index contributed by atoms with van der Waals surface area (Å²) < 4.78 is 28.4. The number of rotatable bonds is 11. The van der Waals surface area contributed by atoms with E-state index in [9.17, 15) is 34.2 Å². The molecule has 3 aromatic carbocycles. The number of carbonyl (C=O) groups is 5. The first-order valence-electron chi connectivity index (χ1n) is 20.5. The molecule has 5 N–H and O–H groups in total. The Morgan fingerprint density at radius 1 is 0.949 bits per heavy atom. The number of amides is 1. The van der Waals surface area contributed by atoms with E-state index in [4.69, 9.17) is 15.2 Å². The summed E-state index contributed by atoms with van der Waals surface area (Å²) in [6, 6.07) is 20.6. The van der Waals surface area contributed by atoms with E-state index in [1.807, 2.05) is 42.5 Å². The highest BCUT2D eigenvalue weighted by Gasteiger charge is 2.75. The number of ketones is 2. The molecule has 1 amide bonds. The molecule has 4 fully saturated rings. The predicted molar refractivity (Wildman–Crippen MR) is 216 cm³/mol. The maximum absolute atomic E-state index is 17.5. The second kappa shape index (κ2) is 14.9. The number of halogens is 1. The molecule has 59 heavy (non-hydrogen) atoms. The van der Waals surface area contributed by atoms with Crippen molar-refractivity contribution in [3.05, 3.63) is 102 Å². The number of fused-ring (bicyclic) bond motifs is 6. The van der Waals surface area contributed by atoms with Crippen molar-refractivity contribution in [1.82, 2.24) is 0 Å². The van der Waals surface area contributed by atoms with Crippen LogP contribution in [0.4, 0.5) is 10.1 Å². The van der Waals surface area contributed by atoms with Crippen LogP contribution >= 0.6 is 0 Å². The van der Waals surface area contributed by atoms with Gasteiger partial charge in [0.25, 0.3) is 0 Å². The van der Waals surface area contributed by atoms with Gasteiger partial charge in [-0.25, -0.2) is 4.39 Å². The Kier molecular flexibility index (Phi) is 10.3. The molecule has 0 aliphatic heterocycles. The number of esters is 2. The molecular weight excluding hydrogens is 756 g/mol. The number of aliphatic hydroxyl groups is 2. The van der Waals surface area contributed by atoms with Gasteiger partial charge in [-0.15, -0.1) is 0 Å².